The molecular formula is C19H19FN4O2. The van der Waals surface area contributed by atoms with Gasteiger partial charge in [0.2, 0.25) is 5.88 Å². The smallest absolute Gasteiger partial charge is 0.274 e. The SMILES string of the molecule is Cc1cc(Oc2ccc(F)cc2)nc2c(C(=O)N[C@@H](C)C3CC3)ncn12. The number of nitrogens with one attached hydrogen (secondary N) is 1. The van der Waals surface area contributed by atoms with Crippen LogP contribution in [0.1, 0.15) is 35.9 Å². The molecule has 4 rings (SSSR count). The number of aromatic nitrogens is 3. The van der Waals surface area contributed by atoms with Crippen LogP contribution in [-0.2, 0) is 0 Å². The summed E-state index contributed by atoms with van der Waals surface area (Å²) in [7, 11) is 0. The van der Waals surface area contributed by atoms with Gasteiger partial charge in [-0.2, -0.15) is 4.98 Å². The van der Waals surface area contributed by atoms with Crippen molar-refractivity contribution in [1.29, 1.82) is 0 Å². The van der Waals surface area contributed by atoms with Gasteiger partial charge in [0.15, 0.2) is 11.3 Å². The minimum Gasteiger partial charge on any atom is -0.439 e. The lowest BCUT2D eigenvalue weighted by molar-refractivity contribution is 0.0933. The fraction of sp³-hybridized carbons (Fsp3) is 0.316. The molecule has 0 aliphatic heterocycles. The van der Waals surface area contributed by atoms with Gasteiger partial charge >= 0.3 is 0 Å². The Morgan fingerprint density at radius 2 is 2.08 bits per heavy atom. The van der Waals surface area contributed by atoms with Crippen molar-refractivity contribution in [3.05, 3.63) is 53.9 Å². The van der Waals surface area contributed by atoms with E-state index in [2.05, 4.69) is 15.3 Å². The quantitative estimate of drug-likeness (QED) is 0.761. The van der Waals surface area contributed by atoms with Gasteiger partial charge in [0, 0.05) is 17.8 Å². The van der Waals surface area contributed by atoms with Crippen LogP contribution in [0.3, 0.4) is 0 Å². The third-order valence-corrected chi connectivity index (χ3v) is 4.61. The molecule has 2 heterocycles. The van der Waals surface area contributed by atoms with Crippen LogP contribution < -0.4 is 10.1 Å². The van der Waals surface area contributed by atoms with Crippen molar-refractivity contribution in [2.75, 3.05) is 0 Å². The fourth-order valence-corrected chi connectivity index (χ4v) is 2.92. The van der Waals surface area contributed by atoms with Crippen molar-refractivity contribution >= 4 is 11.6 Å². The maximum absolute atomic E-state index is 13.0. The highest BCUT2D eigenvalue weighted by atomic mass is 19.1. The van der Waals surface area contributed by atoms with Gasteiger partial charge in [-0.1, -0.05) is 0 Å². The number of nitrogens with zero attached hydrogens (tertiary/aromatic N) is 3. The molecule has 134 valence electrons. The van der Waals surface area contributed by atoms with E-state index in [0.29, 0.717) is 23.2 Å². The normalized spacial score (nSPS) is 15.0. The highest BCUT2D eigenvalue weighted by molar-refractivity contribution is 5.98. The number of imidazole rings is 1. The number of hydrogen-bond acceptors (Lipinski definition) is 4. The number of aryl methyl sites for hydroxylation is 1. The second kappa shape index (κ2) is 6.40. The standard InChI is InChI=1S/C19H19FN4O2/c1-11-9-16(26-15-7-5-14(20)6-8-15)23-18-17(21-10-24(11)18)19(25)22-12(2)13-3-4-13/h5-10,12-13H,3-4H2,1-2H3,(H,22,25)/t12-/m0/s1. The molecule has 3 aromatic rings. The zero-order valence-corrected chi connectivity index (χ0v) is 14.6. The maximum Gasteiger partial charge on any atom is 0.274 e. The van der Waals surface area contributed by atoms with Crippen molar-refractivity contribution in [2.24, 2.45) is 5.92 Å². The Bertz CT molecular complexity index is 964. The number of halogens is 1. The monoisotopic (exact) mass is 354 g/mol. The zero-order valence-electron chi connectivity index (χ0n) is 14.6. The molecule has 1 aliphatic carbocycles. The summed E-state index contributed by atoms with van der Waals surface area (Å²) < 4.78 is 20.5. The first-order chi connectivity index (χ1) is 12.5. The minimum atomic E-state index is -0.337. The molecule has 0 spiro atoms. The van der Waals surface area contributed by atoms with Crippen molar-refractivity contribution < 1.29 is 13.9 Å². The minimum absolute atomic E-state index is 0.124. The second-order valence-electron chi connectivity index (χ2n) is 6.68. The Kier molecular flexibility index (Phi) is 4.06. The average Bonchev–Trinajstić information content (AvgIpc) is 3.37. The van der Waals surface area contributed by atoms with Gasteiger partial charge in [-0.3, -0.25) is 9.20 Å². The summed E-state index contributed by atoms with van der Waals surface area (Å²) in [6.07, 6.45) is 3.88. The first-order valence-electron chi connectivity index (χ1n) is 8.60. The van der Waals surface area contributed by atoms with Crippen LogP contribution in [0, 0.1) is 18.7 Å². The molecule has 0 radical (unpaired) electrons. The Morgan fingerprint density at radius 3 is 2.77 bits per heavy atom. The predicted octanol–water partition coefficient (Wildman–Crippen LogP) is 3.50. The summed E-state index contributed by atoms with van der Waals surface area (Å²) in [6.45, 7) is 3.89. The van der Waals surface area contributed by atoms with Crippen molar-refractivity contribution in [3.63, 3.8) is 0 Å². The number of ether oxygens (including phenoxy) is 1. The topological polar surface area (TPSA) is 68.5 Å². The van der Waals surface area contributed by atoms with Gasteiger partial charge < -0.3 is 10.1 Å². The highest BCUT2D eigenvalue weighted by Gasteiger charge is 2.30. The molecule has 0 saturated heterocycles. The first kappa shape index (κ1) is 16.5. The zero-order chi connectivity index (χ0) is 18.3. The van der Waals surface area contributed by atoms with E-state index in [9.17, 15) is 9.18 Å². The highest BCUT2D eigenvalue weighted by Crippen LogP contribution is 2.32. The molecule has 1 aromatic carbocycles. The van der Waals surface area contributed by atoms with Crippen LogP contribution in [-0.4, -0.2) is 26.3 Å². The van der Waals surface area contributed by atoms with Crippen LogP contribution in [0.5, 0.6) is 11.6 Å². The molecule has 1 fully saturated rings. The molecule has 0 bridgehead atoms. The van der Waals surface area contributed by atoms with Crippen LogP contribution in [0.25, 0.3) is 5.65 Å². The molecule has 1 saturated carbocycles. The summed E-state index contributed by atoms with van der Waals surface area (Å²) in [5.41, 5.74) is 1.53. The molecule has 6 nitrogen and oxygen atoms in total. The molecule has 1 N–H and O–H groups in total. The maximum atomic E-state index is 13.0. The lowest BCUT2D eigenvalue weighted by Crippen LogP contribution is -2.34. The number of carbonyl (C=O) groups excluding carboxylic acids is 1. The van der Waals surface area contributed by atoms with Gasteiger partial charge in [-0.05, 0) is 56.9 Å². The molecule has 26 heavy (non-hydrogen) atoms. The predicted molar refractivity (Wildman–Crippen MR) is 93.9 cm³/mol. The Labute approximate surface area is 150 Å². The van der Waals surface area contributed by atoms with Gasteiger partial charge in [0.05, 0.1) is 0 Å². The molecule has 0 unspecified atom stereocenters. The van der Waals surface area contributed by atoms with E-state index in [4.69, 9.17) is 4.74 Å². The molecule has 1 aliphatic rings. The van der Waals surface area contributed by atoms with Gasteiger partial charge in [-0.15, -0.1) is 0 Å². The summed E-state index contributed by atoms with van der Waals surface area (Å²) >= 11 is 0. The third kappa shape index (κ3) is 3.24. The van der Waals surface area contributed by atoms with Crippen LogP contribution in [0.4, 0.5) is 4.39 Å². The van der Waals surface area contributed by atoms with E-state index in [-0.39, 0.29) is 23.5 Å². The largest absolute Gasteiger partial charge is 0.439 e. The summed E-state index contributed by atoms with van der Waals surface area (Å²) in [5.74, 6) is 0.774. The molecule has 2 aromatic heterocycles. The number of hydrogen-bond donors (Lipinski definition) is 1. The number of fused-ring (bicyclic) bond motifs is 1. The Morgan fingerprint density at radius 1 is 1.35 bits per heavy atom. The van der Waals surface area contributed by atoms with E-state index in [1.807, 2.05) is 13.8 Å². The number of amides is 1. The summed E-state index contributed by atoms with van der Waals surface area (Å²) in [6, 6.07) is 7.55. The number of rotatable bonds is 5. The first-order valence-corrected chi connectivity index (χ1v) is 8.60. The van der Waals surface area contributed by atoms with Crippen molar-refractivity contribution in [2.45, 2.75) is 32.7 Å². The lowest BCUT2D eigenvalue weighted by atomic mass is 10.2. The summed E-state index contributed by atoms with van der Waals surface area (Å²) in [4.78, 5) is 21.2. The van der Waals surface area contributed by atoms with Crippen LogP contribution in [0.15, 0.2) is 36.7 Å². The second-order valence-corrected chi connectivity index (χ2v) is 6.68. The molecular weight excluding hydrogens is 335 g/mol. The van der Waals surface area contributed by atoms with E-state index in [0.717, 1.165) is 18.5 Å². The Balaban J connectivity index is 1.63. The molecule has 7 heteroatoms. The number of carbonyl (C=O) groups is 1. The fourth-order valence-electron chi connectivity index (χ4n) is 2.92. The van der Waals surface area contributed by atoms with E-state index < -0.39 is 0 Å². The van der Waals surface area contributed by atoms with E-state index in [1.165, 1.54) is 24.3 Å². The lowest BCUT2D eigenvalue weighted by Gasteiger charge is -2.12. The van der Waals surface area contributed by atoms with Crippen LogP contribution in [0.2, 0.25) is 0 Å². The average molecular weight is 354 g/mol. The van der Waals surface area contributed by atoms with E-state index in [1.54, 1.807) is 16.8 Å². The molecule has 1 atom stereocenters. The molecule has 1 amide bonds. The summed E-state index contributed by atoms with van der Waals surface area (Å²) in [5, 5.41) is 2.99. The van der Waals surface area contributed by atoms with Crippen molar-refractivity contribution in [1.82, 2.24) is 19.7 Å². The van der Waals surface area contributed by atoms with Gasteiger partial charge in [0.1, 0.15) is 17.9 Å². The van der Waals surface area contributed by atoms with Gasteiger partial charge in [0.25, 0.3) is 5.91 Å². The number of benzene rings is 1. The van der Waals surface area contributed by atoms with E-state index >= 15 is 0 Å². The van der Waals surface area contributed by atoms with Gasteiger partial charge in [-0.25, -0.2) is 9.37 Å². The Hall–Kier alpha value is -2.96. The third-order valence-electron chi connectivity index (χ3n) is 4.61. The van der Waals surface area contributed by atoms with Crippen LogP contribution >= 0.6 is 0 Å². The van der Waals surface area contributed by atoms with Crippen molar-refractivity contribution in [3.8, 4) is 11.6 Å².